The minimum absolute atomic E-state index is 0.0469. The fourth-order valence-electron chi connectivity index (χ4n) is 4.20. The summed E-state index contributed by atoms with van der Waals surface area (Å²) in [5.74, 6) is 3.67. The van der Waals surface area contributed by atoms with Gasteiger partial charge in [0.1, 0.15) is 5.82 Å². The molecule has 0 radical (unpaired) electrons. The van der Waals surface area contributed by atoms with Crippen molar-refractivity contribution in [3.05, 3.63) is 59.3 Å². The molecule has 3 aromatic heterocycles. The first-order valence-corrected chi connectivity index (χ1v) is 12.1. The number of hydrogen-bond donors (Lipinski definition) is 1. The molecule has 0 aliphatic heterocycles. The molecule has 180 valence electrons. The van der Waals surface area contributed by atoms with E-state index in [0.717, 1.165) is 35.9 Å². The summed E-state index contributed by atoms with van der Waals surface area (Å²) >= 11 is 0. The second-order valence-corrected chi connectivity index (χ2v) is 10.9. The summed E-state index contributed by atoms with van der Waals surface area (Å²) in [7, 11) is 0. The zero-order valence-corrected chi connectivity index (χ0v) is 21.4. The number of rotatable bonds is 8. The van der Waals surface area contributed by atoms with Crippen LogP contribution in [0.2, 0.25) is 0 Å². The van der Waals surface area contributed by atoms with Gasteiger partial charge in [-0.2, -0.15) is 10.3 Å². The third-order valence-electron chi connectivity index (χ3n) is 5.77. The molecule has 3 heterocycles. The van der Waals surface area contributed by atoms with Crippen LogP contribution >= 0.6 is 0 Å². The molecule has 0 bridgehead atoms. The zero-order valence-electron chi connectivity index (χ0n) is 21.4. The second-order valence-electron chi connectivity index (χ2n) is 10.9. The average Bonchev–Trinajstić information content (AvgIpc) is 3.47. The molecule has 0 unspecified atom stereocenters. The summed E-state index contributed by atoms with van der Waals surface area (Å²) in [6.07, 6.45) is 3.91. The van der Waals surface area contributed by atoms with E-state index in [4.69, 9.17) is 10.1 Å². The Hall–Kier alpha value is -3.29. The number of benzene rings is 1. The Labute approximate surface area is 201 Å². The molecule has 0 amide bonds. The fourth-order valence-corrected chi connectivity index (χ4v) is 4.20. The van der Waals surface area contributed by atoms with Gasteiger partial charge in [-0.1, -0.05) is 60.6 Å². The number of nitrogens with one attached hydrogen (secondary N) is 1. The van der Waals surface area contributed by atoms with Gasteiger partial charge in [0.25, 0.3) is 0 Å². The average molecular weight is 461 g/mol. The lowest BCUT2D eigenvalue weighted by atomic mass is 9.87. The van der Waals surface area contributed by atoms with Gasteiger partial charge in [-0.05, 0) is 51.8 Å². The van der Waals surface area contributed by atoms with Crippen molar-refractivity contribution in [3.63, 3.8) is 0 Å². The molecule has 34 heavy (non-hydrogen) atoms. The quantitative estimate of drug-likeness (QED) is 0.400. The number of nitrogens with zero attached hydrogens (tertiary/aromatic N) is 7. The number of aromatic amines is 1. The van der Waals surface area contributed by atoms with Crippen molar-refractivity contribution < 1.29 is 0 Å². The molecule has 0 saturated carbocycles. The number of hydrogen-bond acceptors (Lipinski definition) is 5. The van der Waals surface area contributed by atoms with Gasteiger partial charge >= 0.3 is 0 Å². The molecular formula is C26H36N8. The van der Waals surface area contributed by atoms with Crippen LogP contribution in [0.4, 0.5) is 0 Å². The summed E-state index contributed by atoms with van der Waals surface area (Å²) in [6, 6.07) is 10.7. The van der Waals surface area contributed by atoms with Crippen LogP contribution in [0.15, 0.2) is 36.5 Å². The Kier molecular flexibility index (Phi) is 6.68. The zero-order chi connectivity index (χ0) is 24.5. The lowest BCUT2D eigenvalue weighted by Crippen LogP contribution is -2.13. The van der Waals surface area contributed by atoms with Crippen molar-refractivity contribution in [2.75, 3.05) is 0 Å². The number of aromatic nitrogens is 8. The van der Waals surface area contributed by atoms with Gasteiger partial charge in [-0.25, -0.2) is 9.67 Å². The Morgan fingerprint density at radius 1 is 0.941 bits per heavy atom. The van der Waals surface area contributed by atoms with E-state index in [2.05, 4.69) is 115 Å². The topological polar surface area (TPSA) is 90.1 Å². The molecular weight excluding hydrogens is 424 g/mol. The molecule has 0 fully saturated rings. The van der Waals surface area contributed by atoms with Gasteiger partial charge in [-0.15, -0.1) is 10.2 Å². The molecule has 4 aromatic rings. The monoisotopic (exact) mass is 460 g/mol. The molecule has 0 aliphatic carbocycles. The van der Waals surface area contributed by atoms with Crippen molar-refractivity contribution in [3.8, 4) is 17.2 Å². The maximum absolute atomic E-state index is 4.84. The van der Waals surface area contributed by atoms with Gasteiger partial charge in [0.2, 0.25) is 5.82 Å². The van der Waals surface area contributed by atoms with Crippen LogP contribution in [0.25, 0.3) is 17.2 Å². The third kappa shape index (κ3) is 5.26. The van der Waals surface area contributed by atoms with E-state index < -0.39 is 0 Å². The minimum Gasteiger partial charge on any atom is -0.313 e. The molecule has 4 rings (SSSR count). The molecule has 1 N–H and O–H groups in total. The standard InChI is InChI=1S/C26H36N8/c1-17(2)14-22-27-23(15-18(3)4)34(30-22)16-19-8-10-20(11-9-19)33-13-12-21(26(5,6)7)24(33)25-28-31-32-29-25/h8-13,17-18H,14-16H2,1-7H3,(H,28,29,31,32). The van der Waals surface area contributed by atoms with E-state index in [9.17, 15) is 0 Å². The first kappa shape index (κ1) is 23.9. The van der Waals surface area contributed by atoms with E-state index in [1.807, 2.05) is 0 Å². The van der Waals surface area contributed by atoms with Crippen molar-refractivity contribution in [1.82, 2.24) is 40.0 Å². The van der Waals surface area contributed by atoms with E-state index in [1.165, 1.54) is 11.1 Å². The number of H-pyrrole nitrogens is 1. The summed E-state index contributed by atoms with van der Waals surface area (Å²) in [6.45, 7) is 16.1. The van der Waals surface area contributed by atoms with Crippen LogP contribution in [-0.2, 0) is 24.8 Å². The molecule has 0 atom stereocenters. The Balaban J connectivity index is 1.63. The van der Waals surface area contributed by atoms with Crippen molar-refractivity contribution >= 4 is 0 Å². The van der Waals surface area contributed by atoms with Crippen LogP contribution in [0.5, 0.6) is 0 Å². The summed E-state index contributed by atoms with van der Waals surface area (Å²) in [4.78, 5) is 4.84. The highest BCUT2D eigenvalue weighted by Crippen LogP contribution is 2.34. The lowest BCUT2D eigenvalue weighted by Gasteiger charge is -2.19. The summed E-state index contributed by atoms with van der Waals surface area (Å²) in [5.41, 5.74) is 4.34. The predicted molar refractivity (Wildman–Crippen MR) is 134 cm³/mol. The SMILES string of the molecule is CC(C)Cc1nc(CC(C)C)n(Cc2ccc(-n3ccc(C(C)(C)C)c3-c3nn[nH]n3)cc2)n1. The first-order chi connectivity index (χ1) is 16.1. The van der Waals surface area contributed by atoms with E-state index in [1.54, 1.807) is 0 Å². The smallest absolute Gasteiger partial charge is 0.221 e. The Morgan fingerprint density at radius 2 is 1.65 bits per heavy atom. The minimum atomic E-state index is -0.0469. The Morgan fingerprint density at radius 3 is 2.24 bits per heavy atom. The van der Waals surface area contributed by atoms with Gasteiger partial charge in [0, 0.05) is 24.7 Å². The maximum atomic E-state index is 4.84. The highest BCUT2D eigenvalue weighted by atomic mass is 15.5. The van der Waals surface area contributed by atoms with Crippen molar-refractivity contribution in [2.45, 2.75) is 73.3 Å². The van der Waals surface area contributed by atoms with Gasteiger partial charge in [-0.3, -0.25) is 0 Å². The van der Waals surface area contributed by atoms with Crippen LogP contribution < -0.4 is 0 Å². The van der Waals surface area contributed by atoms with Crippen LogP contribution in [0.3, 0.4) is 0 Å². The molecule has 8 nitrogen and oxygen atoms in total. The molecule has 1 aromatic carbocycles. The largest absolute Gasteiger partial charge is 0.313 e. The molecule has 8 heteroatoms. The van der Waals surface area contributed by atoms with E-state index >= 15 is 0 Å². The molecule has 0 spiro atoms. The second kappa shape index (κ2) is 9.52. The first-order valence-electron chi connectivity index (χ1n) is 12.1. The lowest BCUT2D eigenvalue weighted by molar-refractivity contribution is 0.560. The molecule has 0 aliphatic rings. The van der Waals surface area contributed by atoms with Crippen LogP contribution in [0, 0.1) is 11.8 Å². The summed E-state index contributed by atoms with van der Waals surface area (Å²) in [5, 5.41) is 19.7. The van der Waals surface area contributed by atoms with Crippen LogP contribution in [0.1, 0.15) is 71.2 Å². The van der Waals surface area contributed by atoms with Gasteiger partial charge < -0.3 is 4.57 Å². The normalized spacial score (nSPS) is 12.3. The van der Waals surface area contributed by atoms with Gasteiger partial charge in [0.05, 0.1) is 12.2 Å². The van der Waals surface area contributed by atoms with E-state index in [-0.39, 0.29) is 5.41 Å². The van der Waals surface area contributed by atoms with Crippen LogP contribution in [-0.4, -0.2) is 40.0 Å². The Bertz CT molecular complexity index is 1200. The predicted octanol–water partition coefficient (Wildman–Crippen LogP) is 4.99. The van der Waals surface area contributed by atoms with Gasteiger partial charge in [0.15, 0.2) is 5.82 Å². The fraction of sp³-hybridized carbons (Fsp3) is 0.500. The van der Waals surface area contributed by atoms with Crippen molar-refractivity contribution in [1.29, 1.82) is 0 Å². The third-order valence-corrected chi connectivity index (χ3v) is 5.77. The summed E-state index contributed by atoms with van der Waals surface area (Å²) < 4.78 is 4.21. The molecule has 0 saturated heterocycles. The highest BCUT2D eigenvalue weighted by Gasteiger charge is 2.25. The highest BCUT2D eigenvalue weighted by molar-refractivity contribution is 5.62. The van der Waals surface area contributed by atoms with Crippen molar-refractivity contribution in [2.24, 2.45) is 11.8 Å². The van der Waals surface area contributed by atoms with E-state index in [0.29, 0.717) is 24.2 Å². The maximum Gasteiger partial charge on any atom is 0.221 e. The number of tetrazole rings is 1.